The van der Waals surface area contributed by atoms with Crippen LogP contribution in [0, 0.1) is 0 Å². The summed E-state index contributed by atoms with van der Waals surface area (Å²) in [5.41, 5.74) is 0.435. The summed E-state index contributed by atoms with van der Waals surface area (Å²) < 4.78 is 4.94. The van der Waals surface area contributed by atoms with E-state index in [-0.39, 0.29) is 0 Å². The quantitative estimate of drug-likeness (QED) is 0.654. The molecule has 1 aromatic heterocycles. The molecule has 0 bridgehead atoms. The molecule has 2 N–H and O–H groups in total. The molecular weight excluding hydrogens is 214 g/mol. The van der Waals surface area contributed by atoms with Crippen LogP contribution in [0.2, 0.25) is 0 Å². The first-order valence-corrected chi connectivity index (χ1v) is 5.29. The number of aromatic nitrogens is 1. The van der Waals surface area contributed by atoms with Crippen molar-refractivity contribution in [2.24, 2.45) is 0 Å². The lowest BCUT2D eigenvalue weighted by Gasteiger charge is -2.16. The summed E-state index contributed by atoms with van der Waals surface area (Å²) in [6.07, 6.45) is 0.135. The van der Waals surface area contributed by atoms with Crippen molar-refractivity contribution in [3.05, 3.63) is 24.0 Å². The van der Waals surface area contributed by atoms with Gasteiger partial charge in [-0.2, -0.15) is 12.6 Å². The second-order valence-corrected chi connectivity index (χ2v) is 3.59. The average molecular weight is 229 g/mol. The molecule has 1 heterocycles. The van der Waals surface area contributed by atoms with Crippen molar-refractivity contribution in [1.29, 1.82) is 0 Å². The van der Waals surface area contributed by atoms with Crippen molar-refractivity contribution in [2.45, 2.75) is 18.6 Å². The molecule has 0 amide bonds. The standard InChI is InChI=1S/C10H15NO3S/c1-14-7-2-3-8(11-6-7)10(13)9(12)4-5-15/h2-3,6,9-10,12-13,15H,4-5H2,1H3. The molecule has 0 aliphatic rings. The molecule has 5 heteroatoms. The Bertz CT molecular complexity index is 291. The van der Waals surface area contributed by atoms with Gasteiger partial charge in [0.25, 0.3) is 0 Å². The molecule has 1 rings (SSSR count). The highest BCUT2D eigenvalue weighted by Crippen LogP contribution is 2.19. The molecule has 0 saturated heterocycles. The Balaban J connectivity index is 2.69. The number of nitrogens with zero attached hydrogens (tertiary/aromatic N) is 1. The van der Waals surface area contributed by atoms with Crippen LogP contribution in [0.5, 0.6) is 5.75 Å². The fourth-order valence-corrected chi connectivity index (χ4v) is 1.44. The van der Waals surface area contributed by atoms with E-state index in [1.807, 2.05) is 0 Å². The minimum Gasteiger partial charge on any atom is -0.495 e. The summed E-state index contributed by atoms with van der Waals surface area (Å²) in [5, 5.41) is 19.2. The number of aliphatic hydroxyl groups is 2. The van der Waals surface area contributed by atoms with E-state index >= 15 is 0 Å². The molecule has 0 radical (unpaired) electrons. The van der Waals surface area contributed by atoms with E-state index in [4.69, 9.17) is 4.74 Å². The number of pyridine rings is 1. The molecule has 2 atom stereocenters. The van der Waals surface area contributed by atoms with Gasteiger partial charge in [-0.3, -0.25) is 4.98 Å². The maximum absolute atomic E-state index is 9.70. The summed E-state index contributed by atoms with van der Waals surface area (Å²) in [6, 6.07) is 3.32. The van der Waals surface area contributed by atoms with Crippen LogP contribution in [0.25, 0.3) is 0 Å². The van der Waals surface area contributed by atoms with Crippen molar-refractivity contribution in [1.82, 2.24) is 4.98 Å². The van der Waals surface area contributed by atoms with Crippen molar-refractivity contribution >= 4 is 12.6 Å². The van der Waals surface area contributed by atoms with Crippen LogP contribution in [0.1, 0.15) is 18.2 Å². The van der Waals surface area contributed by atoms with Gasteiger partial charge in [-0.1, -0.05) is 0 Å². The van der Waals surface area contributed by atoms with Gasteiger partial charge in [-0.15, -0.1) is 0 Å². The van der Waals surface area contributed by atoms with Crippen LogP contribution >= 0.6 is 12.6 Å². The normalized spacial score (nSPS) is 14.7. The molecule has 2 unspecified atom stereocenters. The van der Waals surface area contributed by atoms with E-state index in [1.54, 1.807) is 19.2 Å². The minimum absolute atomic E-state index is 0.429. The van der Waals surface area contributed by atoms with Gasteiger partial charge in [0.15, 0.2) is 0 Å². The van der Waals surface area contributed by atoms with Gasteiger partial charge in [0.2, 0.25) is 0 Å². The summed E-state index contributed by atoms with van der Waals surface area (Å²) >= 11 is 3.99. The van der Waals surface area contributed by atoms with Crippen LogP contribution in [0.4, 0.5) is 0 Å². The highest BCUT2D eigenvalue weighted by atomic mass is 32.1. The van der Waals surface area contributed by atoms with E-state index in [1.165, 1.54) is 6.20 Å². The first kappa shape index (κ1) is 12.3. The third kappa shape index (κ3) is 3.37. The highest BCUT2D eigenvalue weighted by molar-refractivity contribution is 7.80. The van der Waals surface area contributed by atoms with Crippen LogP contribution in [0.15, 0.2) is 18.3 Å². The van der Waals surface area contributed by atoms with Crippen LogP contribution in [-0.2, 0) is 0 Å². The topological polar surface area (TPSA) is 62.6 Å². The molecule has 0 fully saturated rings. The number of methoxy groups -OCH3 is 1. The van der Waals surface area contributed by atoms with E-state index in [9.17, 15) is 10.2 Å². The monoisotopic (exact) mass is 229 g/mol. The summed E-state index contributed by atoms with van der Waals surface area (Å²) in [6.45, 7) is 0. The smallest absolute Gasteiger partial charge is 0.137 e. The van der Waals surface area contributed by atoms with Crippen LogP contribution < -0.4 is 4.74 Å². The fraction of sp³-hybridized carbons (Fsp3) is 0.500. The lowest BCUT2D eigenvalue weighted by Crippen LogP contribution is -2.19. The Kier molecular flexibility index (Phi) is 4.87. The van der Waals surface area contributed by atoms with Gasteiger partial charge in [-0.05, 0) is 24.3 Å². The number of rotatable bonds is 5. The van der Waals surface area contributed by atoms with Gasteiger partial charge in [-0.25, -0.2) is 0 Å². The summed E-state index contributed by atoms with van der Waals surface area (Å²) in [4.78, 5) is 3.99. The van der Waals surface area contributed by atoms with Gasteiger partial charge < -0.3 is 14.9 Å². The predicted octanol–water partition coefficient (Wildman–Crippen LogP) is 0.804. The Morgan fingerprint density at radius 1 is 1.47 bits per heavy atom. The van der Waals surface area contributed by atoms with Gasteiger partial charge in [0.1, 0.15) is 11.9 Å². The molecule has 0 aromatic carbocycles. The molecule has 15 heavy (non-hydrogen) atoms. The maximum Gasteiger partial charge on any atom is 0.137 e. The minimum atomic E-state index is -0.969. The number of hydrogen-bond donors (Lipinski definition) is 3. The Labute approximate surface area is 94.3 Å². The molecule has 1 aromatic rings. The van der Waals surface area contributed by atoms with E-state index < -0.39 is 12.2 Å². The lowest BCUT2D eigenvalue weighted by atomic mass is 10.1. The zero-order valence-electron chi connectivity index (χ0n) is 8.50. The van der Waals surface area contributed by atoms with E-state index in [2.05, 4.69) is 17.6 Å². The van der Waals surface area contributed by atoms with Crippen LogP contribution in [-0.4, -0.2) is 34.2 Å². The molecule has 0 spiro atoms. The molecule has 0 aliphatic carbocycles. The molecule has 0 saturated carbocycles. The molecule has 84 valence electrons. The van der Waals surface area contributed by atoms with Crippen molar-refractivity contribution in [2.75, 3.05) is 12.9 Å². The number of thiol groups is 1. The van der Waals surface area contributed by atoms with Gasteiger partial charge in [0, 0.05) is 0 Å². The van der Waals surface area contributed by atoms with Crippen molar-refractivity contribution < 1.29 is 14.9 Å². The zero-order valence-corrected chi connectivity index (χ0v) is 9.39. The zero-order chi connectivity index (χ0) is 11.3. The number of aliphatic hydroxyl groups excluding tert-OH is 2. The van der Waals surface area contributed by atoms with Crippen molar-refractivity contribution in [3.63, 3.8) is 0 Å². The predicted molar refractivity (Wildman–Crippen MR) is 60.2 cm³/mol. The lowest BCUT2D eigenvalue weighted by molar-refractivity contribution is 0.0146. The van der Waals surface area contributed by atoms with E-state index in [0.717, 1.165) is 0 Å². The first-order valence-electron chi connectivity index (χ1n) is 4.66. The SMILES string of the molecule is COc1ccc(C(O)C(O)CCS)nc1. The second kappa shape index (κ2) is 5.95. The number of ether oxygens (including phenoxy) is 1. The first-order chi connectivity index (χ1) is 7.19. The summed E-state index contributed by atoms with van der Waals surface area (Å²) in [5.74, 6) is 1.14. The second-order valence-electron chi connectivity index (χ2n) is 3.15. The largest absolute Gasteiger partial charge is 0.495 e. The molecule has 4 nitrogen and oxygen atoms in total. The fourth-order valence-electron chi connectivity index (χ4n) is 1.17. The van der Waals surface area contributed by atoms with Crippen molar-refractivity contribution in [3.8, 4) is 5.75 Å². The molecule has 0 aliphatic heterocycles. The Hall–Kier alpha value is -0.780. The third-order valence-electron chi connectivity index (χ3n) is 2.09. The Morgan fingerprint density at radius 2 is 2.20 bits per heavy atom. The molecular formula is C10H15NO3S. The average Bonchev–Trinajstić information content (AvgIpc) is 2.28. The summed E-state index contributed by atoms with van der Waals surface area (Å²) in [7, 11) is 1.54. The third-order valence-corrected chi connectivity index (χ3v) is 2.35. The van der Waals surface area contributed by atoms with Crippen LogP contribution in [0.3, 0.4) is 0 Å². The van der Waals surface area contributed by atoms with Gasteiger partial charge in [0.05, 0.1) is 25.1 Å². The maximum atomic E-state index is 9.70. The van der Waals surface area contributed by atoms with E-state index in [0.29, 0.717) is 23.6 Å². The number of hydrogen-bond acceptors (Lipinski definition) is 5. The Morgan fingerprint density at radius 3 is 2.67 bits per heavy atom. The highest BCUT2D eigenvalue weighted by Gasteiger charge is 2.18. The van der Waals surface area contributed by atoms with Gasteiger partial charge >= 0.3 is 0 Å².